The topological polar surface area (TPSA) is 12.0 Å². The highest BCUT2D eigenvalue weighted by Gasteiger charge is 2.30. The highest BCUT2D eigenvalue weighted by Crippen LogP contribution is 2.25. The Balaban J connectivity index is 2.67. The van der Waals surface area contributed by atoms with Crippen LogP contribution in [0.25, 0.3) is 0 Å². The Kier molecular flexibility index (Phi) is 5.66. The van der Waals surface area contributed by atoms with Crippen molar-refractivity contribution >= 4 is 15.9 Å². The van der Waals surface area contributed by atoms with Crippen molar-refractivity contribution in [2.24, 2.45) is 0 Å². The second-order valence-electron chi connectivity index (χ2n) is 4.40. The van der Waals surface area contributed by atoms with Crippen LogP contribution in [-0.4, -0.2) is 12.2 Å². The third kappa shape index (κ3) is 5.40. The van der Waals surface area contributed by atoms with Crippen LogP contribution in [0.3, 0.4) is 0 Å². The lowest BCUT2D eigenvalue weighted by atomic mass is 10.0. The molecule has 1 nitrogen and oxygen atoms in total. The summed E-state index contributed by atoms with van der Waals surface area (Å²) in [5.74, 6) is 0. The molecule has 0 aromatic heterocycles. The average molecular weight is 324 g/mol. The fraction of sp³-hybridized carbons (Fsp3) is 0.538. The molecule has 0 radical (unpaired) electrons. The molecule has 1 aromatic rings. The first kappa shape index (κ1) is 15.5. The Morgan fingerprint density at radius 3 is 2.50 bits per heavy atom. The van der Waals surface area contributed by atoms with Gasteiger partial charge in [0.05, 0.1) is 6.42 Å². The van der Waals surface area contributed by atoms with E-state index in [9.17, 15) is 13.2 Å². The Hall–Kier alpha value is -0.550. The molecule has 102 valence electrons. The molecule has 5 heteroatoms. The number of rotatable bonds is 5. The molecule has 0 spiro atoms. The van der Waals surface area contributed by atoms with Crippen molar-refractivity contribution in [3.8, 4) is 0 Å². The maximum Gasteiger partial charge on any atom is 0.390 e. The van der Waals surface area contributed by atoms with Crippen LogP contribution in [0.4, 0.5) is 13.2 Å². The molecule has 1 aromatic carbocycles. The zero-order chi connectivity index (χ0) is 13.8. The monoisotopic (exact) mass is 323 g/mol. The fourth-order valence-electron chi connectivity index (χ4n) is 1.92. The maximum absolute atomic E-state index is 12.3. The second-order valence-corrected chi connectivity index (χ2v) is 5.32. The summed E-state index contributed by atoms with van der Waals surface area (Å²) in [6.07, 6.45) is -4.18. The molecule has 0 saturated heterocycles. The molecule has 0 heterocycles. The van der Waals surface area contributed by atoms with Gasteiger partial charge in [-0.15, -0.1) is 0 Å². The van der Waals surface area contributed by atoms with Crippen LogP contribution < -0.4 is 5.32 Å². The predicted octanol–water partition coefficient (Wildman–Crippen LogP) is 4.83. The van der Waals surface area contributed by atoms with Crippen molar-refractivity contribution in [1.29, 1.82) is 0 Å². The van der Waals surface area contributed by atoms with Crippen molar-refractivity contribution < 1.29 is 13.2 Å². The van der Waals surface area contributed by atoms with Crippen LogP contribution in [0.5, 0.6) is 0 Å². The van der Waals surface area contributed by atoms with Gasteiger partial charge in [0.25, 0.3) is 0 Å². The van der Waals surface area contributed by atoms with Gasteiger partial charge in [0.1, 0.15) is 0 Å². The van der Waals surface area contributed by atoms with E-state index < -0.39 is 18.6 Å². The van der Waals surface area contributed by atoms with E-state index in [4.69, 9.17) is 0 Å². The Bertz CT molecular complexity index is 379. The molecular weight excluding hydrogens is 307 g/mol. The summed E-state index contributed by atoms with van der Waals surface area (Å²) < 4.78 is 37.8. The number of nitrogens with one attached hydrogen (secondary N) is 1. The van der Waals surface area contributed by atoms with E-state index in [1.54, 1.807) is 6.92 Å². The van der Waals surface area contributed by atoms with Gasteiger partial charge in [0.15, 0.2) is 0 Å². The molecule has 1 N–H and O–H groups in total. The Morgan fingerprint density at radius 1 is 1.33 bits per heavy atom. The summed E-state index contributed by atoms with van der Waals surface area (Å²) in [6.45, 7) is 3.52. The normalized spacial score (nSPS) is 15.4. The third-order valence-corrected chi connectivity index (χ3v) is 3.18. The smallest absolute Gasteiger partial charge is 0.307 e. The van der Waals surface area contributed by atoms with Crippen molar-refractivity contribution in [2.45, 2.75) is 44.9 Å². The summed E-state index contributed by atoms with van der Waals surface area (Å²) in [5.41, 5.74) is 1.00. The standard InChI is InChI=1S/C13H17BrF3N/c1-3-12(10-5-4-6-11(14)7-10)18-9(2)8-13(15,16)17/h4-7,9,12,18H,3,8H2,1-2H3. The molecule has 0 aliphatic rings. The second kappa shape index (κ2) is 6.57. The summed E-state index contributed by atoms with van der Waals surface area (Å²) in [7, 11) is 0. The maximum atomic E-state index is 12.3. The quantitative estimate of drug-likeness (QED) is 0.818. The summed E-state index contributed by atoms with van der Waals surface area (Å²) >= 11 is 3.37. The van der Waals surface area contributed by atoms with Crippen LogP contribution in [0.15, 0.2) is 28.7 Å². The minimum atomic E-state index is -4.12. The number of benzene rings is 1. The van der Waals surface area contributed by atoms with Crippen molar-refractivity contribution in [3.63, 3.8) is 0 Å². The molecule has 0 saturated carbocycles. The van der Waals surface area contributed by atoms with Crippen LogP contribution >= 0.6 is 15.9 Å². The van der Waals surface area contributed by atoms with Crippen LogP contribution in [0.1, 0.15) is 38.3 Å². The summed E-state index contributed by atoms with van der Waals surface area (Å²) in [4.78, 5) is 0. The van der Waals surface area contributed by atoms with E-state index in [1.165, 1.54) is 0 Å². The van der Waals surface area contributed by atoms with E-state index in [0.717, 1.165) is 16.5 Å². The number of alkyl halides is 3. The Labute approximate surface area is 114 Å². The van der Waals surface area contributed by atoms with E-state index in [-0.39, 0.29) is 6.04 Å². The van der Waals surface area contributed by atoms with Gasteiger partial charge in [-0.1, -0.05) is 35.0 Å². The molecule has 1 rings (SSSR count). The number of halogens is 4. The van der Waals surface area contributed by atoms with E-state index >= 15 is 0 Å². The first-order valence-electron chi connectivity index (χ1n) is 5.90. The first-order valence-corrected chi connectivity index (χ1v) is 6.69. The molecular formula is C13H17BrF3N. The minimum Gasteiger partial charge on any atom is -0.307 e. The minimum absolute atomic E-state index is 0.0557. The van der Waals surface area contributed by atoms with Gasteiger partial charge in [-0.3, -0.25) is 0 Å². The van der Waals surface area contributed by atoms with Gasteiger partial charge >= 0.3 is 6.18 Å². The SMILES string of the molecule is CCC(NC(C)CC(F)(F)F)c1cccc(Br)c1. The fourth-order valence-corrected chi connectivity index (χ4v) is 2.34. The van der Waals surface area contributed by atoms with Gasteiger partial charge in [-0.05, 0) is 31.0 Å². The highest BCUT2D eigenvalue weighted by atomic mass is 79.9. The van der Waals surface area contributed by atoms with Gasteiger partial charge < -0.3 is 5.32 Å². The number of hydrogen-bond acceptors (Lipinski definition) is 1. The van der Waals surface area contributed by atoms with Gasteiger partial charge in [-0.2, -0.15) is 13.2 Å². The van der Waals surface area contributed by atoms with Gasteiger partial charge in [0.2, 0.25) is 0 Å². The zero-order valence-electron chi connectivity index (χ0n) is 10.4. The largest absolute Gasteiger partial charge is 0.390 e. The molecule has 18 heavy (non-hydrogen) atoms. The van der Waals surface area contributed by atoms with E-state index in [2.05, 4.69) is 21.2 Å². The zero-order valence-corrected chi connectivity index (χ0v) is 12.0. The predicted molar refractivity (Wildman–Crippen MR) is 70.4 cm³/mol. The van der Waals surface area contributed by atoms with Gasteiger partial charge in [0, 0.05) is 16.6 Å². The molecule has 0 aliphatic heterocycles. The van der Waals surface area contributed by atoms with Crippen LogP contribution in [0.2, 0.25) is 0 Å². The summed E-state index contributed by atoms with van der Waals surface area (Å²) in [6, 6.07) is 7.00. The number of hydrogen-bond donors (Lipinski definition) is 1. The lowest BCUT2D eigenvalue weighted by Crippen LogP contribution is -2.34. The van der Waals surface area contributed by atoms with E-state index in [0.29, 0.717) is 0 Å². The van der Waals surface area contributed by atoms with Crippen molar-refractivity contribution in [3.05, 3.63) is 34.3 Å². The molecule has 0 aliphatic carbocycles. The highest BCUT2D eigenvalue weighted by molar-refractivity contribution is 9.10. The molecule has 0 amide bonds. The van der Waals surface area contributed by atoms with Crippen LogP contribution in [0, 0.1) is 0 Å². The Morgan fingerprint density at radius 2 is 2.00 bits per heavy atom. The third-order valence-electron chi connectivity index (χ3n) is 2.68. The summed E-state index contributed by atoms with van der Waals surface area (Å²) in [5, 5.41) is 3.03. The first-order chi connectivity index (χ1) is 8.31. The average Bonchev–Trinajstić information content (AvgIpc) is 2.23. The van der Waals surface area contributed by atoms with Crippen LogP contribution in [-0.2, 0) is 0 Å². The van der Waals surface area contributed by atoms with E-state index in [1.807, 2.05) is 31.2 Å². The molecule has 2 atom stereocenters. The lowest BCUT2D eigenvalue weighted by Gasteiger charge is -2.23. The van der Waals surface area contributed by atoms with Crippen molar-refractivity contribution in [2.75, 3.05) is 0 Å². The lowest BCUT2D eigenvalue weighted by molar-refractivity contribution is -0.139. The van der Waals surface area contributed by atoms with Crippen molar-refractivity contribution in [1.82, 2.24) is 5.32 Å². The molecule has 0 bridgehead atoms. The van der Waals surface area contributed by atoms with Gasteiger partial charge in [-0.25, -0.2) is 0 Å². The molecule has 0 fully saturated rings. The molecule has 2 unspecified atom stereocenters.